The molecule has 27 heavy (non-hydrogen) atoms. The molecule has 0 unspecified atom stereocenters. The van der Waals surface area contributed by atoms with E-state index in [9.17, 15) is 9.59 Å². The monoisotopic (exact) mass is 364 g/mol. The van der Waals surface area contributed by atoms with Crippen LogP contribution in [-0.4, -0.2) is 33.9 Å². The number of amides is 2. The number of fused-ring (bicyclic) bond motifs is 1. The Bertz CT molecular complexity index is 943. The summed E-state index contributed by atoms with van der Waals surface area (Å²) in [6.45, 7) is 0.976. The highest BCUT2D eigenvalue weighted by Crippen LogP contribution is 2.16. The molecule has 0 aliphatic carbocycles. The Kier molecular flexibility index (Phi) is 4.84. The van der Waals surface area contributed by atoms with E-state index in [0.717, 1.165) is 24.1 Å². The van der Waals surface area contributed by atoms with E-state index in [4.69, 9.17) is 4.74 Å². The maximum absolute atomic E-state index is 12.4. The second-order valence-corrected chi connectivity index (χ2v) is 6.47. The second-order valence-electron chi connectivity index (χ2n) is 6.47. The summed E-state index contributed by atoms with van der Waals surface area (Å²) < 4.78 is 7.19. The number of nitrogens with zero attached hydrogens (tertiary/aromatic N) is 2. The molecule has 1 aliphatic heterocycles. The number of imidazole rings is 1. The van der Waals surface area contributed by atoms with Gasteiger partial charge in [0.1, 0.15) is 17.4 Å². The van der Waals surface area contributed by atoms with Gasteiger partial charge in [-0.2, -0.15) is 0 Å². The van der Waals surface area contributed by atoms with E-state index < -0.39 is 0 Å². The zero-order valence-corrected chi connectivity index (χ0v) is 14.7. The number of carbonyl (C=O) groups is 2. The van der Waals surface area contributed by atoms with Gasteiger partial charge in [0.2, 0.25) is 0 Å². The fourth-order valence-corrected chi connectivity index (χ4v) is 3.08. The Balaban J connectivity index is 1.37. The number of ether oxygens (including phenoxy) is 1. The predicted octanol–water partition coefficient (Wildman–Crippen LogP) is 2.38. The second kappa shape index (κ2) is 7.59. The average molecular weight is 364 g/mol. The SMILES string of the molecule is O=C(NCc1cccc(NC(=O)[C@H]2CCCO2)c1)c1cn2ccccc2n1. The number of hydrogen-bond donors (Lipinski definition) is 2. The molecular formula is C20H20N4O3. The van der Waals surface area contributed by atoms with Crippen molar-refractivity contribution in [1.82, 2.24) is 14.7 Å². The molecule has 1 aliphatic rings. The van der Waals surface area contributed by atoms with E-state index in [2.05, 4.69) is 15.6 Å². The van der Waals surface area contributed by atoms with E-state index in [-0.39, 0.29) is 17.9 Å². The van der Waals surface area contributed by atoms with Crippen LogP contribution < -0.4 is 10.6 Å². The molecule has 0 spiro atoms. The Morgan fingerprint density at radius 3 is 2.96 bits per heavy atom. The molecule has 138 valence electrons. The van der Waals surface area contributed by atoms with Gasteiger partial charge in [-0.1, -0.05) is 18.2 Å². The number of anilines is 1. The Morgan fingerprint density at radius 1 is 1.22 bits per heavy atom. The topological polar surface area (TPSA) is 84.7 Å². The highest BCUT2D eigenvalue weighted by atomic mass is 16.5. The van der Waals surface area contributed by atoms with Crippen molar-refractivity contribution in [3.8, 4) is 0 Å². The van der Waals surface area contributed by atoms with Crippen molar-refractivity contribution >= 4 is 23.1 Å². The van der Waals surface area contributed by atoms with Crippen molar-refractivity contribution in [3.05, 3.63) is 66.1 Å². The van der Waals surface area contributed by atoms with Gasteiger partial charge >= 0.3 is 0 Å². The minimum atomic E-state index is -0.372. The van der Waals surface area contributed by atoms with Gasteiger partial charge in [0, 0.05) is 31.2 Å². The first-order valence-electron chi connectivity index (χ1n) is 8.92. The molecule has 7 heteroatoms. The number of carbonyl (C=O) groups excluding carboxylic acids is 2. The molecule has 0 radical (unpaired) electrons. The minimum Gasteiger partial charge on any atom is -0.368 e. The molecule has 3 aromatic rings. The molecule has 7 nitrogen and oxygen atoms in total. The summed E-state index contributed by atoms with van der Waals surface area (Å²) in [4.78, 5) is 28.8. The van der Waals surface area contributed by atoms with Crippen LogP contribution in [0, 0.1) is 0 Å². The average Bonchev–Trinajstić information content (AvgIpc) is 3.36. The van der Waals surface area contributed by atoms with Crippen molar-refractivity contribution < 1.29 is 14.3 Å². The maximum Gasteiger partial charge on any atom is 0.271 e. The normalized spacial score (nSPS) is 16.4. The highest BCUT2D eigenvalue weighted by Gasteiger charge is 2.23. The van der Waals surface area contributed by atoms with Gasteiger partial charge in [0.05, 0.1) is 0 Å². The summed E-state index contributed by atoms with van der Waals surface area (Å²) in [5.41, 5.74) is 2.66. The predicted molar refractivity (Wildman–Crippen MR) is 100 cm³/mol. The van der Waals surface area contributed by atoms with E-state index in [1.54, 1.807) is 10.6 Å². The lowest BCUT2D eigenvalue weighted by molar-refractivity contribution is -0.124. The maximum atomic E-state index is 12.4. The van der Waals surface area contributed by atoms with Crippen molar-refractivity contribution in [2.24, 2.45) is 0 Å². The first kappa shape index (κ1) is 17.2. The van der Waals surface area contributed by atoms with Crippen molar-refractivity contribution in [1.29, 1.82) is 0 Å². The third kappa shape index (κ3) is 3.98. The lowest BCUT2D eigenvalue weighted by atomic mass is 10.2. The smallest absolute Gasteiger partial charge is 0.271 e. The third-order valence-electron chi connectivity index (χ3n) is 4.47. The third-order valence-corrected chi connectivity index (χ3v) is 4.47. The molecule has 2 N–H and O–H groups in total. The molecule has 0 saturated carbocycles. The van der Waals surface area contributed by atoms with Crippen molar-refractivity contribution in [2.45, 2.75) is 25.5 Å². The zero-order chi connectivity index (χ0) is 18.6. The quantitative estimate of drug-likeness (QED) is 0.728. The summed E-state index contributed by atoms with van der Waals surface area (Å²) in [5, 5.41) is 5.73. The largest absolute Gasteiger partial charge is 0.368 e. The van der Waals surface area contributed by atoms with E-state index in [1.807, 2.05) is 48.7 Å². The Hall–Kier alpha value is -3.19. The van der Waals surface area contributed by atoms with Crippen LogP contribution in [0.5, 0.6) is 0 Å². The van der Waals surface area contributed by atoms with Gasteiger partial charge in [-0.3, -0.25) is 9.59 Å². The molecule has 1 fully saturated rings. The number of pyridine rings is 1. The Morgan fingerprint density at radius 2 is 2.15 bits per heavy atom. The van der Waals surface area contributed by atoms with Crippen LogP contribution in [0.25, 0.3) is 5.65 Å². The Labute approximate surface area is 156 Å². The number of aromatic nitrogens is 2. The van der Waals surface area contributed by atoms with Crippen LogP contribution >= 0.6 is 0 Å². The van der Waals surface area contributed by atoms with Gasteiger partial charge in [0.25, 0.3) is 11.8 Å². The minimum absolute atomic E-state index is 0.126. The number of benzene rings is 1. The van der Waals surface area contributed by atoms with Crippen LogP contribution in [0.1, 0.15) is 28.9 Å². The van der Waals surface area contributed by atoms with E-state index in [0.29, 0.717) is 24.5 Å². The van der Waals surface area contributed by atoms with Gasteiger partial charge in [-0.15, -0.1) is 0 Å². The molecule has 1 atom stereocenters. The first-order chi connectivity index (χ1) is 13.2. The van der Waals surface area contributed by atoms with Crippen molar-refractivity contribution in [3.63, 3.8) is 0 Å². The summed E-state index contributed by atoms with van der Waals surface area (Å²) in [7, 11) is 0. The fraction of sp³-hybridized carbons (Fsp3) is 0.250. The molecule has 3 heterocycles. The fourth-order valence-electron chi connectivity index (χ4n) is 3.08. The van der Waals surface area contributed by atoms with Crippen LogP contribution in [-0.2, 0) is 16.1 Å². The molecule has 0 bridgehead atoms. The molecule has 1 aromatic carbocycles. The van der Waals surface area contributed by atoms with Crippen LogP contribution in [0.2, 0.25) is 0 Å². The van der Waals surface area contributed by atoms with Crippen LogP contribution in [0.15, 0.2) is 54.9 Å². The lowest BCUT2D eigenvalue weighted by Crippen LogP contribution is -2.27. The standard InChI is InChI=1S/C20H20N4O3/c25-19(16-13-24-9-2-1-8-18(24)23-16)21-12-14-5-3-6-15(11-14)22-20(26)17-7-4-10-27-17/h1-3,5-6,8-9,11,13,17H,4,7,10,12H2,(H,21,25)(H,22,26)/t17-/m1/s1. The summed E-state index contributed by atoms with van der Waals surface area (Å²) >= 11 is 0. The van der Waals surface area contributed by atoms with Gasteiger partial charge in [-0.25, -0.2) is 4.98 Å². The number of hydrogen-bond acceptors (Lipinski definition) is 4. The highest BCUT2D eigenvalue weighted by molar-refractivity contribution is 5.94. The summed E-state index contributed by atoms with van der Waals surface area (Å²) in [6, 6.07) is 13.0. The van der Waals surface area contributed by atoms with E-state index >= 15 is 0 Å². The van der Waals surface area contributed by atoms with Crippen molar-refractivity contribution in [2.75, 3.05) is 11.9 Å². The first-order valence-corrected chi connectivity index (χ1v) is 8.92. The van der Waals surface area contributed by atoms with Gasteiger partial charge in [-0.05, 0) is 42.7 Å². The van der Waals surface area contributed by atoms with E-state index in [1.165, 1.54) is 0 Å². The molecule has 4 rings (SSSR count). The number of nitrogens with one attached hydrogen (secondary N) is 2. The molecule has 1 saturated heterocycles. The molecular weight excluding hydrogens is 344 g/mol. The summed E-state index contributed by atoms with van der Waals surface area (Å²) in [5.74, 6) is -0.370. The summed E-state index contributed by atoms with van der Waals surface area (Å²) in [6.07, 6.45) is 4.83. The van der Waals surface area contributed by atoms with Gasteiger partial charge in [0.15, 0.2) is 0 Å². The molecule has 2 amide bonds. The zero-order valence-electron chi connectivity index (χ0n) is 14.7. The molecule has 2 aromatic heterocycles. The number of rotatable bonds is 5. The van der Waals surface area contributed by atoms with Gasteiger partial charge < -0.3 is 19.8 Å². The van der Waals surface area contributed by atoms with Crippen LogP contribution in [0.4, 0.5) is 5.69 Å². The lowest BCUT2D eigenvalue weighted by Gasteiger charge is -2.11. The van der Waals surface area contributed by atoms with Crippen LogP contribution in [0.3, 0.4) is 0 Å².